The lowest BCUT2D eigenvalue weighted by atomic mass is 9.91. The number of nitro groups is 1. The molecular formula is C11H18N4O4S. The molecule has 1 saturated heterocycles. The summed E-state index contributed by atoms with van der Waals surface area (Å²) in [6, 6.07) is -0.421. The highest BCUT2D eigenvalue weighted by atomic mass is 32.2. The minimum Gasteiger partial charge on any atom is -0.378 e. The summed E-state index contributed by atoms with van der Waals surface area (Å²) in [7, 11) is -3.11. The predicted molar refractivity (Wildman–Crippen MR) is 74.3 cm³/mol. The first-order valence-electron chi connectivity index (χ1n) is 6.26. The first kappa shape index (κ1) is 14.8. The van der Waals surface area contributed by atoms with E-state index in [-0.39, 0.29) is 28.7 Å². The van der Waals surface area contributed by atoms with Gasteiger partial charge in [-0.15, -0.1) is 0 Å². The molecule has 1 aromatic heterocycles. The van der Waals surface area contributed by atoms with Gasteiger partial charge in [0.15, 0.2) is 9.84 Å². The molecule has 0 spiro atoms. The average Bonchev–Trinajstić information content (AvgIpc) is 2.77. The Hall–Kier alpha value is -1.64. The van der Waals surface area contributed by atoms with Crippen molar-refractivity contribution in [3.05, 3.63) is 15.8 Å². The van der Waals surface area contributed by atoms with Crippen molar-refractivity contribution >= 4 is 21.3 Å². The minimum absolute atomic E-state index is 0.0651. The standard InChI is InChI=1S/C11H18N4O4S/c1-11(2,3)9-8(15(16)17)10(12)14(13-9)7-4-5-20(18,19)6-7/h7H,4-6,12H2,1-3H3. The molecule has 8 nitrogen and oxygen atoms in total. The molecule has 1 fully saturated rings. The third-order valence-corrected chi connectivity index (χ3v) is 5.12. The van der Waals surface area contributed by atoms with Crippen LogP contribution in [0, 0.1) is 10.1 Å². The molecule has 0 aromatic carbocycles. The Morgan fingerprint density at radius 2 is 2.05 bits per heavy atom. The molecule has 1 aliphatic heterocycles. The Labute approximate surface area is 117 Å². The van der Waals surface area contributed by atoms with Gasteiger partial charge in [-0.05, 0) is 6.42 Å². The number of anilines is 1. The van der Waals surface area contributed by atoms with E-state index < -0.39 is 26.2 Å². The van der Waals surface area contributed by atoms with Crippen molar-refractivity contribution in [3.63, 3.8) is 0 Å². The van der Waals surface area contributed by atoms with E-state index in [1.807, 2.05) is 0 Å². The molecule has 0 saturated carbocycles. The summed E-state index contributed by atoms with van der Waals surface area (Å²) in [5.41, 5.74) is 5.35. The second-order valence-electron chi connectivity index (χ2n) is 6.09. The molecule has 9 heteroatoms. The van der Waals surface area contributed by atoms with Gasteiger partial charge in [0.05, 0.1) is 22.5 Å². The fourth-order valence-corrected chi connectivity index (χ4v) is 4.06. The Bertz CT molecular complexity index is 657. The highest BCUT2D eigenvalue weighted by Gasteiger charge is 2.38. The molecule has 0 radical (unpaired) electrons. The molecular weight excluding hydrogens is 284 g/mol. The van der Waals surface area contributed by atoms with E-state index in [2.05, 4.69) is 5.10 Å². The molecule has 1 aromatic rings. The van der Waals surface area contributed by atoms with Crippen molar-refractivity contribution in [3.8, 4) is 0 Å². The zero-order valence-corrected chi connectivity index (χ0v) is 12.5. The number of nitrogen functional groups attached to an aromatic ring is 1. The van der Waals surface area contributed by atoms with Crippen molar-refractivity contribution in [2.75, 3.05) is 17.2 Å². The van der Waals surface area contributed by atoms with Crippen LogP contribution in [0.15, 0.2) is 0 Å². The van der Waals surface area contributed by atoms with E-state index >= 15 is 0 Å². The summed E-state index contributed by atoms with van der Waals surface area (Å²) >= 11 is 0. The molecule has 2 N–H and O–H groups in total. The lowest BCUT2D eigenvalue weighted by molar-refractivity contribution is -0.385. The van der Waals surface area contributed by atoms with Gasteiger partial charge in [0.25, 0.3) is 0 Å². The first-order valence-corrected chi connectivity index (χ1v) is 8.08. The van der Waals surface area contributed by atoms with E-state index in [1.54, 1.807) is 20.8 Å². The fourth-order valence-electron chi connectivity index (χ4n) is 2.37. The molecule has 1 unspecified atom stereocenters. The summed E-state index contributed by atoms with van der Waals surface area (Å²) in [5.74, 6) is -0.0723. The van der Waals surface area contributed by atoms with Crippen LogP contribution in [0.3, 0.4) is 0 Å². The third kappa shape index (κ3) is 2.49. The van der Waals surface area contributed by atoms with Crippen molar-refractivity contribution in [1.82, 2.24) is 9.78 Å². The number of hydrogen-bond acceptors (Lipinski definition) is 6. The fraction of sp³-hybridized carbons (Fsp3) is 0.727. The first-order chi connectivity index (χ1) is 9.03. The Morgan fingerprint density at radius 1 is 1.45 bits per heavy atom. The van der Waals surface area contributed by atoms with Gasteiger partial charge < -0.3 is 5.73 Å². The molecule has 1 aliphatic rings. The quantitative estimate of drug-likeness (QED) is 0.643. The Kier molecular flexibility index (Phi) is 3.28. The monoisotopic (exact) mass is 302 g/mol. The lowest BCUT2D eigenvalue weighted by Gasteiger charge is -2.14. The van der Waals surface area contributed by atoms with Crippen molar-refractivity contribution in [2.45, 2.75) is 38.6 Å². The van der Waals surface area contributed by atoms with Gasteiger partial charge in [0.2, 0.25) is 5.82 Å². The van der Waals surface area contributed by atoms with E-state index in [1.165, 1.54) is 4.68 Å². The van der Waals surface area contributed by atoms with Crippen molar-refractivity contribution < 1.29 is 13.3 Å². The molecule has 0 aliphatic carbocycles. The van der Waals surface area contributed by atoms with Crippen LogP contribution in [0.2, 0.25) is 0 Å². The average molecular weight is 302 g/mol. The number of nitrogens with two attached hydrogens (primary N) is 1. The molecule has 0 bridgehead atoms. The second kappa shape index (κ2) is 4.44. The van der Waals surface area contributed by atoms with E-state index in [9.17, 15) is 18.5 Å². The van der Waals surface area contributed by atoms with Crippen LogP contribution in [0.5, 0.6) is 0 Å². The molecule has 0 amide bonds. The van der Waals surface area contributed by atoms with Crippen LogP contribution in [-0.4, -0.2) is 34.6 Å². The normalized spacial score (nSPS) is 22.1. The van der Waals surface area contributed by atoms with Gasteiger partial charge in [0, 0.05) is 5.41 Å². The van der Waals surface area contributed by atoms with Gasteiger partial charge >= 0.3 is 5.69 Å². The predicted octanol–water partition coefficient (Wildman–Crippen LogP) is 1.03. The number of aromatic nitrogens is 2. The SMILES string of the molecule is CC(C)(C)c1nn(C2CCS(=O)(=O)C2)c(N)c1[N+](=O)[O-]. The smallest absolute Gasteiger partial charge is 0.334 e. The molecule has 1 atom stereocenters. The third-order valence-electron chi connectivity index (χ3n) is 3.37. The number of hydrogen-bond donors (Lipinski definition) is 1. The summed E-state index contributed by atoms with van der Waals surface area (Å²) in [5, 5.41) is 15.4. The van der Waals surface area contributed by atoms with Gasteiger partial charge in [-0.1, -0.05) is 20.8 Å². The zero-order valence-electron chi connectivity index (χ0n) is 11.7. The summed E-state index contributed by atoms with van der Waals surface area (Å²) in [6.45, 7) is 5.41. The summed E-state index contributed by atoms with van der Waals surface area (Å²) in [6.07, 6.45) is 0.384. The highest BCUT2D eigenvalue weighted by molar-refractivity contribution is 7.91. The van der Waals surface area contributed by atoms with Gasteiger partial charge in [-0.3, -0.25) is 10.1 Å². The molecule has 2 rings (SSSR count). The maximum atomic E-state index is 11.5. The topological polar surface area (TPSA) is 121 Å². The van der Waals surface area contributed by atoms with Crippen LogP contribution in [0.1, 0.15) is 38.9 Å². The zero-order chi connectivity index (χ0) is 15.3. The van der Waals surface area contributed by atoms with Gasteiger partial charge in [0.1, 0.15) is 5.69 Å². The maximum Gasteiger partial charge on any atom is 0.334 e. The van der Waals surface area contributed by atoms with E-state index in [4.69, 9.17) is 5.73 Å². The van der Waals surface area contributed by atoms with Gasteiger partial charge in [-0.2, -0.15) is 5.10 Å². The Balaban J connectivity index is 2.54. The van der Waals surface area contributed by atoms with Crippen LogP contribution in [0.25, 0.3) is 0 Å². The van der Waals surface area contributed by atoms with E-state index in [0.717, 1.165) is 0 Å². The molecule has 112 valence electrons. The molecule has 20 heavy (non-hydrogen) atoms. The van der Waals surface area contributed by atoms with E-state index in [0.29, 0.717) is 6.42 Å². The second-order valence-corrected chi connectivity index (χ2v) is 8.32. The number of nitrogens with zero attached hydrogens (tertiary/aromatic N) is 3. The van der Waals surface area contributed by atoms with Crippen LogP contribution < -0.4 is 5.73 Å². The van der Waals surface area contributed by atoms with Crippen LogP contribution in [0.4, 0.5) is 11.5 Å². The summed E-state index contributed by atoms with van der Waals surface area (Å²) < 4.78 is 24.4. The largest absolute Gasteiger partial charge is 0.378 e. The highest BCUT2D eigenvalue weighted by Crippen LogP contribution is 2.37. The molecule has 2 heterocycles. The van der Waals surface area contributed by atoms with Crippen molar-refractivity contribution in [1.29, 1.82) is 0 Å². The number of rotatable bonds is 2. The van der Waals surface area contributed by atoms with Crippen molar-refractivity contribution in [2.24, 2.45) is 0 Å². The number of sulfone groups is 1. The summed E-state index contributed by atoms with van der Waals surface area (Å²) in [4.78, 5) is 10.6. The van der Waals surface area contributed by atoms with Crippen LogP contribution in [-0.2, 0) is 15.3 Å². The van der Waals surface area contributed by atoms with Gasteiger partial charge in [-0.25, -0.2) is 13.1 Å². The minimum atomic E-state index is -3.11. The lowest BCUT2D eigenvalue weighted by Crippen LogP contribution is -2.17. The Morgan fingerprint density at radius 3 is 2.40 bits per heavy atom. The maximum absolute atomic E-state index is 11.5. The van der Waals surface area contributed by atoms with Crippen LogP contribution >= 0.6 is 0 Å².